The van der Waals surface area contributed by atoms with Gasteiger partial charge >= 0.3 is 16.3 Å². The highest BCUT2D eigenvalue weighted by Gasteiger charge is 2.36. The molecular formula is C20H33N3O5S. The molecule has 1 aliphatic carbocycles. The van der Waals surface area contributed by atoms with Gasteiger partial charge in [-0.3, -0.25) is 0 Å². The van der Waals surface area contributed by atoms with Gasteiger partial charge in [0.2, 0.25) is 0 Å². The minimum atomic E-state index is -4.01. The molecule has 0 aliphatic heterocycles. The molecule has 1 aromatic carbocycles. The van der Waals surface area contributed by atoms with Crippen LogP contribution in [0, 0.1) is 0 Å². The molecule has 0 unspecified atom stereocenters. The molecule has 1 saturated carbocycles. The number of methoxy groups -OCH3 is 1. The Bertz CT molecular complexity index is 797. The SMILES string of the molecule is COc1cccc(C2(CCNS(=O)(=O)NC(=O)OC(C)(C)C)CCC(N)CC2)c1. The van der Waals surface area contributed by atoms with E-state index in [1.165, 1.54) is 0 Å². The molecule has 9 heteroatoms. The fourth-order valence-corrected chi connectivity index (χ4v) is 4.40. The third-order valence-electron chi connectivity index (χ3n) is 5.18. The summed E-state index contributed by atoms with van der Waals surface area (Å²) in [4.78, 5) is 11.7. The zero-order chi connectivity index (χ0) is 21.7. The predicted octanol–water partition coefficient (Wildman–Crippen LogP) is 2.58. The molecular weight excluding hydrogens is 394 g/mol. The van der Waals surface area contributed by atoms with E-state index in [0.717, 1.165) is 37.0 Å². The number of carbonyl (C=O) groups is 1. The largest absolute Gasteiger partial charge is 0.497 e. The number of nitrogens with one attached hydrogen (secondary N) is 2. The van der Waals surface area contributed by atoms with Crippen LogP contribution < -0.4 is 19.9 Å². The number of benzene rings is 1. The van der Waals surface area contributed by atoms with Crippen molar-refractivity contribution in [1.82, 2.24) is 9.44 Å². The van der Waals surface area contributed by atoms with Gasteiger partial charge in [0.25, 0.3) is 0 Å². The van der Waals surface area contributed by atoms with E-state index in [4.69, 9.17) is 15.2 Å². The van der Waals surface area contributed by atoms with Crippen LogP contribution in [0.15, 0.2) is 24.3 Å². The Hall–Kier alpha value is -1.84. The summed E-state index contributed by atoms with van der Waals surface area (Å²) in [6.45, 7) is 5.18. The first-order valence-corrected chi connectivity index (χ1v) is 11.3. The van der Waals surface area contributed by atoms with E-state index in [-0.39, 0.29) is 18.0 Å². The fourth-order valence-electron chi connectivity index (χ4n) is 3.70. The minimum Gasteiger partial charge on any atom is -0.497 e. The lowest BCUT2D eigenvalue weighted by atomic mass is 9.66. The lowest BCUT2D eigenvalue weighted by Crippen LogP contribution is -2.45. The van der Waals surface area contributed by atoms with Gasteiger partial charge in [-0.2, -0.15) is 13.1 Å². The maximum Gasteiger partial charge on any atom is 0.422 e. The molecule has 1 aromatic rings. The zero-order valence-electron chi connectivity index (χ0n) is 17.7. The fraction of sp³-hybridized carbons (Fsp3) is 0.650. The molecule has 0 aromatic heterocycles. The summed E-state index contributed by atoms with van der Waals surface area (Å²) < 4.78 is 39.1. The monoisotopic (exact) mass is 427 g/mol. The van der Waals surface area contributed by atoms with Crippen molar-refractivity contribution >= 4 is 16.3 Å². The van der Waals surface area contributed by atoms with Gasteiger partial charge in [0.15, 0.2) is 0 Å². The molecule has 0 atom stereocenters. The average Bonchev–Trinajstić information content (AvgIpc) is 2.61. The van der Waals surface area contributed by atoms with E-state index >= 15 is 0 Å². The zero-order valence-corrected chi connectivity index (χ0v) is 18.5. The number of amides is 1. The summed E-state index contributed by atoms with van der Waals surface area (Å²) in [5.74, 6) is 0.768. The molecule has 1 fully saturated rings. The first-order chi connectivity index (χ1) is 13.4. The van der Waals surface area contributed by atoms with E-state index in [0.29, 0.717) is 6.42 Å². The first-order valence-electron chi connectivity index (χ1n) is 9.85. The van der Waals surface area contributed by atoms with Crippen LogP contribution in [0.4, 0.5) is 4.79 Å². The molecule has 0 spiro atoms. The lowest BCUT2D eigenvalue weighted by molar-refractivity contribution is 0.0569. The molecule has 1 aliphatic rings. The van der Waals surface area contributed by atoms with Gasteiger partial charge in [-0.05, 0) is 76.0 Å². The van der Waals surface area contributed by atoms with Crippen molar-refractivity contribution in [2.45, 2.75) is 69.9 Å². The lowest BCUT2D eigenvalue weighted by Gasteiger charge is -2.40. The number of hydrogen-bond donors (Lipinski definition) is 3. The van der Waals surface area contributed by atoms with Crippen molar-refractivity contribution in [3.8, 4) is 5.75 Å². The molecule has 29 heavy (non-hydrogen) atoms. The summed E-state index contributed by atoms with van der Waals surface area (Å²) in [5, 5.41) is 0. The highest BCUT2D eigenvalue weighted by molar-refractivity contribution is 7.88. The Kier molecular flexibility index (Phi) is 7.53. The summed E-state index contributed by atoms with van der Waals surface area (Å²) in [5.41, 5.74) is 6.23. The van der Waals surface area contributed by atoms with Crippen molar-refractivity contribution in [3.05, 3.63) is 29.8 Å². The number of carbonyl (C=O) groups excluding carboxylic acids is 1. The minimum absolute atomic E-state index is 0.166. The molecule has 0 bridgehead atoms. The van der Waals surface area contributed by atoms with Crippen LogP contribution in [0.25, 0.3) is 0 Å². The van der Waals surface area contributed by atoms with Gasteiger partial charge in [0.05, 0.1) is 7.11 Å². The van der Waals surface area contributed by atoms with Crippen LogP contribution in [0.3, 0.4) is 0 Å². The molecule has 2 rings (SSSR count). The van der Waals surface area contributed by atoms with Crippen molar-refractivity contribution in [2.24, 2.45) is 5.73 Å². The molecule has 4 N–H and O–H groups in total. The molecule has 8 nitrogen and oxygen atoms in total. The first kappa shape index (κ1) is 23.4. The number of nitrogens with two attached hydrogens (primary N) is 1. The average molecular weight is 428 g/mol. The Morgan fingerprint density at radius 2 is 1.93 bits per heavy atom. The second kappa shape index (κ2) is 9.32. The van der Waals surface area contributed by atoms with Gasteiger partial charge < -0.3 is 15.2 Å². The Morgan fingerprint density at radius 3 is 2.52 bits per heavy atom. The predicted molar refractivity (Wildman–Crippen MR) is 112 cm³/mol. The molecule has 1 amide bonds. The normalized spacial score (nSPS) is 22.7. The topological polar surface area (TPSA) is 120 Å². The van der Waals surface area contributed by atoms with Crippen LogP contribution in [0.5, 0.6) is 5.75 Å². The van der Waals surface area contributed by atoms with E-state index in [9.17, 15) is 13.2 Å². The number of ether oxygens (including phenoxy) is 2. The molecule has 0 heterocycles. The van der Waals surface area contributed by atoms with Gasteiger partial charge in [-0.1, -0.05) is 12.1 Å². The van der Waals surface area contributed by atoms with Gasteiger partial charge in [-0.25, -0.2) is 9.52 Å². The molecule has 0 saturated heterocycles. The van der Waals surface area contributed by atoms with Crippen LogP contribution in [-0.2, 0) is 20.4 Å². The van der Waals surface area contributed by atoms with Crippen molar-refractivity contribution < 1.29 is 22.7 Å². The Labute approximate surface area is 173 Å². The highest BCUT2D eigenvalue weighted by Crippen LogP contribution is 2.42. The van der Waals surface area contributed by atoms with Crippen molar-refractivity contribution in [3.63, 3.8) is 0 Å². The number of rotatable bonds is 7. The maximum absolute atomic E-state index is 12.2. The van der Waals surface area contributed by atoms with E-state index in [2.05, 4.69) is 4.72 Å². The summed E-state index contributed by atoms with van der Waals surface area (Å²) in [7, 11) is -2.39. The van der Waals surface area contributed by atoms with Crippen molar-refractivity contribution in [2.75, 3.05) is 13.7 Å². The summed E-state index contributed by atoms with van der Waals surface area (Å²) >= 11 is 0. The van der Waals surface area contributed by atoms with Crippen LogP contribution in [-0.4, -0.2) is 39.8 Å². The Morgan fingerprint density at radius 1 is 1.28 bits per heavy atom. The second-order valence-corrected chi connectivity index (χ2v) is 10.1. The molecule has 0 radical (unpaired) electrons. The van der Waals surface area contributed by atoms with E-state index in [1.807, 2.05) is 29.0 Å². The van der Waals surface area contributed by atoms with Gasteiger partial charge in [-0.15, -0.1) is 0 Å². The third-order valence-corrected chi connectivity index (χ3v) is 6.20. The van der Waals surface area contributed by atoms with Crippen LogP contribution >= 0.6 is 0 Å². The van der Waals surface area contributed by atoms with Gasteiger partial charge in [0, 0.05) is 12.6 Å². The third kappa shape index (κ3) is 7.17. The summed E-state index contributed by atoms with van der Waals surface area (Å²) in [6, 6.07) is 8.05. The molecule has 164 valence electrons. The van der Waals surface area contributed by atoms with Crippen molar-refractivity contribution in [1.29, 1.82) is 0 Å². The van der Waals surface area contributed by atoms with E-state index < -0.39 is 21.9 Å². The summed E-state index contributed by atoms with van der Waals surface area (Å²) in [6.07, 6.45) is 3.06. The number of hydrogen-bond acceptors (Lipinski definition) is 6. The van der Waals surface area contributed by atoms with Crippen LogP contribution in [0.1, 0.15) is 58.4 Å². The smallest absolute Gasteiger partial charge is 0.422 e. The standard InChI is InChI=1S/C20H33N3O5S/c1-19(2,3)28-18(24)23-29(25,26)22-13-12-20(10-8-16(21)9-11-20)15-6-5-7-17(14-15)27-4/h5-7,14,16,22H,8-13,21H2,1-4H3,(H,23,24). The van der Waals surface area contributed by atoms with Crippen LogP contribution in [0.2, 0.25) is 0 Å². The van der Waals surface area contributed by atoms with Gasteiger partial charge in [0.1, 0.15) is 11.4 Å². The Balaban J connectivity index is 2.06. The quantitative estimate of drug-likeness (QED) is 0.615. The van der Waals surface area contributed by atoms with E-state index in [1.54, 1.807) is 27.9 Å². The maximum atomic E-state index is 12.2. The second-order valence-electron chi connectivity index (χ2n) is 8.60. The highest BCUT2D eigenvalue weighted by atomic mass is 32.2.